The quantitative estimate of drug-likeness (QED) is 0.585. The number of Topliss-reactive ketones (excluding diaryl/α,β-unsaturated/α-hetero) is 1. The van der Waals surface area contributed by atoms with Gasteiger partial charge in [0, 0.05) is 18.5 Å². The molecule has 0 saturated carbocycles. The third-order valence-corrected chi connectivity index (χ3v) is 3.86. The highest BCUT2D eigenvalue weighted by Gasteiger charge is 2.28. The molecule has 1 aromatic rings. The monoisotopic (exact) mass is 332 g/mol. The number of amides is 2. The van der Waals surface area contributed by atoms with Crippen molar-refractivity contribution in [1.82, 2.24) is 5.32 Å². The van der Waals surface area contributed by atoms with E-state index in [0.717, 1.165) is 19.3 Å². The maximum absolute atomic E-state index is 12.2. The highest BCUT2D eigenvalue weighted by atomic mass is 16.5. The number of carbonyl (C=O) groups excluding carboxylic acids is 3. The van der Waals surface area contributed by atoms with E-state index >= 15 is 0 Å². The number of carbonyl (C=O) groups is 3. The van der Waals surface area contributed by atoms with E-state index in [1.165, 1.54) is 4.90 Å². The molecule has 1 N–H and O–H groups in total. The van der Waals surface area contributed by atoms with E-state index < -0.39 is 0 Å². The number of unbranched alkanes of at least 4 members (excludes halogenated alkanes) is 1. The Morgan fingerprint density at radius 2 is 2.04 bits per heavy atom. The van der Waals surface area contributed by atoms with Crippen LogP contribution in [0.2, 0.25) is 0 Å². The fourth-order valence-corrected chi connectivity index (χ4v) is 2.52. The largest absolute Gasteiger partial charge is 0.482 e. The molecule has 6 heteroatoms. The van der Waals surface area contributed by atoms with Gasteiger partial charge < -0.3 is 10.1 Å². The predicted octanol–water partition coefficient (Wildman–Crippen LogP) is 2.31. The number of nitrogens with one attached hydrogen (secondary N) is 1. The Bertz CT molecular complexity index is 627. The van der Waals surface area contributed by atoms with Crippen LogP contribution in [0.3, 0.4) is 0 Å². The van der Waals surface area contributed by atoms with Crippen LogP contribution in [0.4, 0.5) is 5.69 Å². The molecule has 0 spiro atoms. The number of fused-ring (bicyclic) bond motifs is 1. The topological polar surface area (TPSA) is 75.7 Å². The fraction of sp³-hybridized carbons (Fsp3) is 0.500. The molecule has 0 fully saturated rings. The minimum absolute atomic E-state index is 0.0191. The number of anilines is 1. The molecule has 6 nitrogen and oxygen atoms in total. The summed E-state index contributed by atoms with van der Waals surface area (Å²) in [6.45, 7) is 4.41. The SMILES string of the molecule is CCCCNC(=O)CN1C(=O)COc2ccc(C(=O)CCC)cc21. The Morgan fingerprint density at radius 1 is 1.25 bits per heavy atom. The molecule has 2 rings (SSSR count). The summed E-state index contributed by atoms with van der Waals surface area (Å²) >= 11 is 0. The lowest BCUT2D eigenvalue weighted by molar-refractivity contribution is -0.125. The normalized spacial score (nSPS) is 13.2. The van der Waals surface area contributed by atoms with Crippen molar-refractivity contribution in [2.45, 2.75) is 39.5 Å². The average molecular weight is 332 g/mol. The van der Waals surface area contributed by atoms with Gasteiger partial charge in [0.2, 0.25) is 5.91 Å². The highest BCUT2D eigenvalue weighted by molar-refractivity contribution is 6.04. The van der Waals surface area contributed by atoms with Gasteiger partial charge in [-0.2, -0.15) is 0 Å². The van der Waals surface area contributed by atoms with Crippen LogP contribution in [0.15, 0.2) is 18.2 Å². The molecule has 1 aliphatic heterocycles. The standard InChI is InChI=1S/C18H24N2O4/c1-3-5-9-19-17(22)11-20-14-10-13(15(21)6-4-2)7-8-16(14)24-12-18(20)23/h7-8,10H,3-6,9,11-12H2,1-2H3,(H,19,22). The van der Waals surface area contributed by atoms with Crippen molar-refractivity contribution in [3.05, 3.63) is 23.8 Å². The molecule has 1 aliphatic rings. The Morgan fingerprint density at radius 3 is 2.75 bits per heavy atom. The fourth-order valence-electron chi connectivity index (χ4n) is 2.52. The number of hydrogen-bond donors (Lipinski definition) is 1. The molecule has 0 aliphatic carbocycles. The van der Waals surface area contributed by atoms with E-state index in [9.17, 15) is 14.4 Å². The van der Waals surface area contributed by atoms with Gasteiger partial charge in [0.25, 0.3) is 5.91 Å². The molecule has 0 atom stereocenters. The summed E-state index contributed by atoms with van der Waals surface area (Å²) in [5.74, 6) is 0.0397. The van der Waals surface area contributed by atoms with Crippen molar-refractivity contribution in [3.8, 4) is 5.75 Å². The van der Waals surface area contributed by atoms with Crippen LogP contribution < -0.4 is 15.0 Å². The Kier molecular flexibility index (Phi) is 6.35. The number of nitrogens with zero attached hydrogens (tertiary/aromatic N) is 1. The van der Waals surface area contributed by atoms with E-state index in [2.05, 4.69) is 5.32 Å². The van der Waals surface area contributed by atoms with Crippen molar-refractivity contribution >= 4 is 23.3 Å². The maximum atomic E-state index is 12.2. The lowest BCUT2D eigenvalue weighted by Gasteiger charge is -2.29. The lowest BCUT2D eigenvalue weighted by Crippen LogP contribution is -2.45. The van der Waals surface area contributed by atoms with Gasteiger partial charge in [0.05, 0.1) is 5.69 Å². The Balaban J connectivity index is 2.18. The molecule has 0 aromatic heterocycles. The zero-order valence-electron chi connectivity index (χ0n) is 14.3. The van der Waals surface area contributed by atoms with Crippen LogP contribution in [-0.4, -0.2) is 37.3 Å². The molecule has 0 saturated heterocycles. The van der Waals surface area contributed by atoms with Gasteiger partial charge in [-0.1, -0.05) is 20.3 Å². The average Bonchev–Trinajstić information content (AvgIpc) is 2.57. The molecule has 24 heavy (non-hydrogen) atoms. The number of ketones is 1. The van der Waals surface area contributed by atoms with E-state index in [0.29, 0.717) is 30.0 Å². The molecule has 130 valence electrons. The third-order valence-electron chi connectivity index (χ3n) is 3.86. The number of hydrogen-bond acceptors (Lipinski definition) is 4. The van der Waals surface area contributed by atoms with Crippen LogP contribution in [0.1, 0.15) is 49.9 Å². The van der Waals surface area contributed by atoms with Crippen molar-refractivity contribution in [3.63, 3.8) is 0 Å². The van der Waals surface area contributed by atoms with Crippen LogP contribution in [0, 0.1) is 0 Å². The lowest BCUT2D eigenvalue weighted by atomic mass is 10.0. The molecule has 0 radical (unpaired) electrons. The Hall–Kier alpha value is -2.37. The van der Waals surface area contributed by atoms with E-state index in [4.69, 9.17) is 4.74 Å². The van der Waals surface area contributed by atoms with E-state index in [1.54, 1.807) is 18.2 Å². The zero-order chi connectivity index (χ0) is 17.5. The summed E-state index contributed by atoms with van der Waals surface area (Å²) in [5, 5.41) is 2.80. The number of benzene rings is 1. The highest BCUT2D eigenvalue weighted by Crippen LogP contribution is 2.33. The second-order valence-electron chi connectivity index (χ2n) is 5.83. The van der Waals surface area contributed by atoms with Gasteiger partial charge in [-0.25, -0.2) is 0 Å². The van der Waals surface area contributed by atoms with Gasteiger partial charge in [-0.15, -0.1) is 0 Å². The molecule has 1 aromatic carbocycles. The Labute approximate surface area is 142 Å². The molecule has 0 bridgehead atoms. The van der Waals surface area contributed by atoms with Crippen molar-refractivity contribution in [2.75, 3.05) is 24.6 Å². The van der Waals surface area contributed by atoms with Crippen LogP contribution in [-0.2, 0) is 9.59 Å². The summed E-state index contributed by atoms with van der Waals surface area (Å²) in [5.41, 5.74) is 1.02. The first kappa shape index (κ1) is 18.0. The van der Waals surface area contributed by atoms with Gasteiger partial charge in [-0.05, 0) is 31.0 Å². The molecule has 2 amide bonds. The smallest absolute Gasteiger partial charge is 0.265 e. The second-order valence-corrected chi connectivity index (χ2v) is 5.83. The van der Waals surface area contributed by atoms with Gasteiger partial charge in [0.1, 0.15) is 12.3 Å². The van der Waals surface area contributed by atoms with Crippen molar-refractivity contribution in [2.24, 2.45) is 0 Å². The molecule has 1 heterocycles. The first-order valence-corrected chi connectivity index (χ1v) is 8.44. The van der Waals surface area contributed by atoms with Crippen molar-refractivity contribution < 1.29 is 19.1 Å². The van der Waals surface area contributed by atoms with Crippen molar-refractivity contribution in [1.29, 1.82) is 0 Å². The first-order valence-electron chi connectivity index (χ1n) is 8.44. The number of rotatable bonds is 8. The van der Waals surface area contributed by atoms with Gasteiger partial charge in [-0.3, -0.25) is 19.3 Å². The van der Waals surface area contributed by atoms with E-state index in [1.807, 2.05) is 13.8 Å². The predicted molar refractivity (Wildman–Crippen MR) is 91.4 cm³/mol. The summed E-state index contributed by atoms with van der Waals surface area (Å²) in [6, 6.07) is 5.03. The summed E-state index contributed by atoms with van der Waals surface area (Å²) in [6.07, 6.45) is 3.09. The molecule has 0 unspecified atom stereocenters. The van der Waals surface area contributed by atoms with Crippen LogP contribution in [0.5, 0.6) is 5.75 Å². The summed E-state index contributed by atoms with van der Waals surface area (Å²) in [4.78, 5) is 37.7. The zero-order valence-corrected chi connectivity index (χ0v) is 14.3. The van der Waals surface area contributed by atoms with Crippen LogP contribution >= 0.6 is 0 Å². The third kappa shape index (κ3) is 4.34. The maximum Gasteiger partial charge on any atom is 0.265 e. The van der Waals surface area contributed by atoms with Gasteiger partial charge >= 0.3 is 0 Å². The molecular weight excluding hydrogens is 308 g/mol. The van der Waals surface area contributed by atoms with E-state index in [-0.39, 0.29) is 30.7 Å². The molecular formula is C18H24N2O4. The summed E-state index contributed by atoms with van der Waals surface area (Å²) < 4.78 is 5.41. The summed E-state index contributed by atoms with van der Waals surface area (Å²) in [7, 11) is 0. The minimum atomic E-state index is -0.284. The van der Waals surface area contributed by atoms with Crippen LogP contribution in [0.25, 0.3) is 0 Å². The van der Waals surface area contributed by atoms with Gasteiger partial charge in [0.15, 0.2) is 12.4 Å². The second kappa shape index (κ2) is 8.47. The first-order chi connectivity index (χ1) is 11.6. The minimum Gasteiger partial charge on any atom is -0.482 e. The number of ether oxygens (including phenoxy) is 1.